The lowest BCUT2D eigenvalue weighted by Crippen LogP contribution is -2.26. The number of para-hydroxylation sites is 1. The van der Waals surface area contributed by atoms with Crippen molar-refractivity contribution in [3.8, 4) is 5.69 Å². The van der Waals surface area contributed by atoms with Gasteiger partial charge in [0, 0.05) is 35.6 Å². The van der Waals surface area contributed by atoms with Crippen LogP contribution < -0.4 is 10.2 Å². The highest BCUT2D eigenvalue weighted by atomic mass is 32.1. The summed E-state index contributed by atoms with van der Waals surface area (Å²) in [7, 11) is 2.22. The van der Waals surface area contributed by atoms with E-state index >= 15 is 0 Å². The average Bonchev–Trinajstić information content (AvgIpc) is 3.31. The number of aromatic amines is 1. The first-order chi connectivity index (χ1) is 15.5. The van der Waals surface area contributed by atoms with Crippen LogP contribution in [0.4, 0.5) is 17.1 Å². The molecule has 1 fully saturated rings. The molecule has 162 valence electrons. The number of hydrogen-bond donors (Lipinski definition) is 2. The summed E-state index contributed by atoms with van der Waals surface area (Å²) in [6.07, 6.45) is 2.86. The molecule has 1 aliphatic rings. The molecule has 0 bridgehead atoms. The molecule has 0 saturated heterocycles. The SMILES string of the molecule is Cc1ccccc1N(C)C1CC1(C)c1ccc(Nc2cccc(-n3cn[nH]c3=S)c2)cc1. The molecule has 1 saturated carbocycles. The van der Waals surface area contributed by atoms with E-state index in [-0.39, 0.29) is 5.41 Å². The van der Waals surface area contributed by atoms with Crippen molar-refractivity contribution >= 4 is 29.3 Å². The number of nitrogens with one attached hydrogen (secondary N) is 2. The van der Waals surface area contributed by atoms with Crippen molar-refractivity contribution in [2.24, 2.45) is 0 Å². The molecule has 0 amide bonds. The Hall–Kier alpha value is -3.38. The second kappa shape index (κ2) is 7.95. The molecule has 5 nitrogen and oxygen atoms in total. The molecule has 32 heavy (non-hydrogen) atoms. The Kier molecular flexibility index (Phi) is 5.10. The van der Waals surface area contributed by atoms with Crippen LogP contribution in [0.3, 0.4) is 0 Å². The van der Waals surface area contributed by atoms with Crippen LogP contribution in [0, 0.1) is 11.7 Å². The van der Waals surface area contributed by atoms with E-state index in [1.165, 1.54) is 16.8 Å². The molecule has 4 aromatic rings. The van der Waals surface area contributed by atoms with Crippen LogP contribution in [-0.4, -0.2) is 27.9 Å². The zero-order chi connectivity index (χ0) is 22.3. The van der Waals surface area contributed by atoms with Crippen LogP contribution in [-0.2, 0) is 5.41 Å². The zero-order valence-corrected chi connectivity index (χ0v) is 19.4. The monoisotopic (exact) mass is 441 g/mol. The third-order valence-electron chi connectivity index (χ3n) is 6.67. The number of aromatic nitrogens is 3. The van der Waals surface area contributed by atoms with Crippen LogP contribution in [0.1, 0.15) is 24.5 Å². The Morgan fingerprint density at radius 3 is 2.56 bits per heavy atom. The van der Waals surface area contributed by atoms with Gasteiger partial charge < -0.3 is 10.2 Å². The van der Waals surface area contributed by atoms with E-state index in [1.54, 1.807) is 6.33 Å². The van der Waals surface area contributed by atoms with Gasteiger partial charge in [0.05, 0.1) is 5.69 Å². The third kappa shape index (κ3) is 3.71. The van der Waals surface area contributed by atoms with Crippen LogP contribution in [0.15, 0.2) is 79.1 Å². The minimum absolute atomic E-state index is 0.174. The summed E-state index contributed by atoms with van der Waals surface area (Å²) >= 11 is 5.28. The predicted octanol–water partition coefficient (Wildman–Crippen LogP) is 6.15. The highest BCUT2D eigenvalue weighted by Gasteiger charge is 2.53. The van der Waals surface area contributed by atoms with Gasteiger partial charge in [-0.2, -0.15) is 5.10 Å². The topological polar surface area (TPSA) is 48.9 Å². The van der Waals surface area contributed by atoms with Crippen molar-refractivity contribution in [2.45, 2.75) is 31.7 Å². The fourth-order valence-corrected chi connectivity index (χ4v) is 4.82. The molecule has 5 rings (SSSR count). The fraction of sp³-hybridized carbons (Fsp3) is 0.231. The Balaban J connectivity index is 1.31. The van der Waals surface area contributed by atoms with E-state index < -0.39 is 0 Å². The number of benzene rings is 3. The molecule has 1 heterocycles. The maximum absolute atomic E-state index is 5.28. The molecule has 1 aromatic heterocycles. The van der Waals surface area contributed by atoms with Gasteiger partial charge in [-0.3, -0.25) is 9.67 Å². The Bertz CT molecular complexity index is 1310. The van der Waals surface area contributed by atoms with E-state index in [0.717, 1.165) is 23.5 Å². The standard InChI is InChI=1S/C26H27N5S/c1-18-7-4-5-10-23(18)30(3)24-16-26(24,2)19-11-13-20(14-12-19)28-21-8-6-9-22(15-21)31-17-27-29-25(31)32/h4-15,17,24,28H,16H2,1-3H3,(H,29,32). The Morgan fingerprint density at radius 2 is 1.84 bits per heavy atom. The maximum atomic E-state index is 5.28. The number of aryl methyl sites for hydroxylation is 1. The molecule has 0 spiro atoms. The van der Waals surface area contributed by atoms with E-state index in [1.807, 2.05) is 16.7 Å². The lowest BCUT2D eigenvalue weighted by molar-refractivity contribution is 0.714. The van der Waals surface area contributed by atoms with Gasteiger partial charge in [-0.1, -0.05) is 43.3 Å². The third-order valence-corrected chi connectivity index (χ3v) is 6.95. The van der Waals surface area contributed by atoms with Crippen molar-refractivity contribution in [3.05, 3.63) is 95.0 Å². The van der Waals surface area contributed by atoms with Gasteiger partial charge in [0.15, 0.2) is 4.77 Å². The van der Waals surface area contributed by atoms with Gasteiger partial charge in [0.2, 0.25) is 0 Å². The van der Waals surface area contributed by atoms with Crippen LogP contribution >= 0.6 is 12.2 Å². The van der Waals surface area contributed by atoms with Gasteiger partial charge in [-0.15, -0.1) is 0 Å². The van der Waals surface area contributed by atoms with E-state index in [9.17, 15) is 0 Å². The molecule has 6 heteroatoms. The fourth-order valence-electron chi connectivity index (χ4n) is 4.61. The number of hydrogen-bond acceptors (Lipinski definition) is 4. The minimum Gasteiger partial charge on any atom is -0.370 e. The second-order valence-electron chi connectivity index (χ2n) is 8.82. The summed E-state index contributed by atoms with van der Waals surface area (Å²) in [5, 5.41) is 10.3. The van der Waals surface area contributed by atoms with E-state index in [0.29, 0.717) is 10.8 Å². The predicted molar refractivity (Wildman–Crippen MR) is 134 cm³/mol. The number of H-pyrrole nitrogens is 1. The van der Waals surface area contributed by atoms with Gasteiger partial charge in [0.25, 0.3) is 0 Å². The lowest BCUT2D eigenvalue weighted by atomic mass is 9.96. The van der Waals surface area contributed by atoms with E-state index in [4.69, 9.17) is 12.2 Å². The summed E-state index contributed by atoms with van der Waals surface area (Å²) in [4.78, 5) is 2.44. The molecule has 2 unspecified atom stereocenters. The maximum Gasteiger partial charge on any atom is 0.199 e. The summed E-state index contributed by atoms with van der Waals surface area (Å²) in [6, 6.07) is 26.1. The first-order valence-electron chi connectivity index (χ1n) is 10.8. The first kappa shape index (κ1) is 20.5. The van der Waals surface area contributed by atoms with Gasteiger partial charge in [0.1, 0.15) is 6.33 Å². The molecule has 2 N–H and O–H groups in total. The highest BCUT2D eigenvalue weighted by Crippen LogP contribution is 2.52. The first-order valence-corrected chi connectivity index (χ1v) is 11.2. The molecular formula is C26H27N5S. The molecule has 3 aromatic carbocycles. The van der Waals surface area contributed by atoms with Gasteiger partial charge >= 0.3 is 0 Å². The Morgan fingerprint density at radius 1 is 1.06 bits per heavy atom. The normalized spacial score (nSPS) is 19.5. The number of anilines is 3. The molecule has 0 radical (unpaired) electrons. The van der Waals surface area contributed by atoms with Crippen molar-refractivity contribution in [1.29, 1.82) is 0 Å². The summed E-state index contributed by atoms with van der Waals surface area (Å²) in [6.45, 7) is 4.55. The lowest BCUT2D eigenvalue weighted by Gasteiger charge is -2.25. The van der Waals surface area contributed by atoms with Gasteiger partial charge in [-0.05, 0) is 73.1 Å². The van der Waals surface area contributed by atoms with Crippen LogP contribution in [0.2, 0.25) is 0 Å². The van der Waals surface area contributed by atoms with Crippen molar-refractivity contribution in [1.82, 2.24) is 14.8 Å². The minimum atomic E-state index is 0.174. The summed E-state index contributed by atoms with van der Waals surface area (Å²) < 4.78 is 2.43. The number of likely N-dealkylation sites (N-methyl/N-ethyl adjacent to an activating group) is 1. The second-order valence-corrected chi connectivity index (χ2v) is 9.21. The average molecular weight is 442 g/mol. The van der Waals surface area contributed by atoms with Crippen LogP contribution in [0.25, 0.3) is 5.69 Å². The zero-order valence-electron chi connectivity index (χ0n) is 18.5. The smallest absolute Gasteiger partial charge is 0.199 e. The molecular weight excluding hydrogens is 414 g/mol. The summed E-state index contributed by atoms with van der Waals surface area (Å²) in [5.74, 6) is 0. The highest BCUT2D eigenvalue weighted by molar-refractivity contribution is 7.71. The van der Waals surface area contributed by atoms with Gasteiger partial charge in [-0.25, -0.2) is 0 Å². The number of rotatable bonds is 6. The molecule has 2 atom stereocenters. The Labute approximate surface area is 193 Å². The largest absolute Gasteiger partial charge is 0.370 e. The van der Waals surface area contributed by atoms with E-state index in [2.05, 4.69) is 102 Å². The molecule has 1 aliphatic carbocycles. The van der Waals surface area contributed by atoms with Crippen LogP contribution in [0.5, 0.6) is 0 Å². The quantitative estimate of drug-likeness (QED) is 0.353. The van der Waals surface area contributed by atoms with Crippen molar-refractivity contribution in [3.63, 3.8) is 0 Å². The van der Waals surface area contributed by atoms with Crippen molar-refractivity contribution < 1.29 is 0 Å². The summed E-state index contributed by atoms with van der Waals surface area (Å²) in [5.41, 5.74) is 7.24. The van der Waals surface area contributed by atoms with Crippen molar-refractivity contribution in [2.75, 3.05) is 17.3 Å². The molecule has 0 aliphatic heterocycles. The number of nitrogens with zero attached hydrogens (tertiary/aromatic N) is 3.